The maximum Gasteiger partial charge on any atom is 0.0118 e. The predicted molar refractivity (Wildman–Crippen MR) is 49.7 cm³/mol. The Morgan fingerprint density at radius 3 is 2.55 bits per heavy atom. The minimum Gasteiger partial charge on any atom is -0.300 e. The van der Waals surface area contributed by atoms with Crippen molar-refractivity contribution in [2.45, 2.75) is 46.1 Å². The third-order valence-corrected chi connectivity index (χ3v) is 3.06. The Kier molecular flexibility index (Phi) is 3.38. The second kappa shape index (κ2) is 4.10. The van der Waals surface area contributed by atoms with Gasteiger partial charge in [0.05, 0.1) is 0 Å². The molecule has 1 fully saturated rings. The minimum absolute atomic E-state index is 0.869. The summed E-state index contributed by atoms with van der Waals surface area (Å²) in [6, 6.07) is 0.869. The third kappa shape index (κ3) is 1.96. The van der Waals surface area contributed by atoms with Crippen LogP contribution in [-0.2, 0) is 0 Å². The number of nitrogens with zero attached hydrogens (tertiary/aromatic N) is 1. The summed E-state index contributed by atoms with van der Waals surface area (Å²) in [4.78, 5) is 2.63. The van der Waals surface area contributed by atoms with Crippen LogP contribution in [0.25, 0.3) is 0 Å². The Labute approximate surface area is 70.8 Å². The fourth-order valence-corrected chi connectivity index (χ4v) is 2.39. The van der Waals surface area contributed by atoms with Crippen molar-refractivity contribution in [3.05, 3.63) is 0 Å². The zero-order chi connectivity index (χ0) is 8.27. The Morgan fingerprint density at radius 1 is 1.36 bits per heavy atom. The summed E-state index contributed by atoms with van der Waals surface area (Å²) in [6.45, 7) is 9.56. The molecule has 66 valence electrons. The molecule has 1 saturated heterocycles. The van der Waals surface area contributed by atoms with Gasteiger partial charge in [-0.05, 0) is 38.3 Å². The first-order chi connectivity index (χ1) is 5.29. The van der Waals surface area contributed by atoms with Crippen LogP contribution in [0, 0.1) is 5.92 Å². The lowest BCUT2D eigenvalue weighted by molar-refractivity contribution is 0.104. The molecule has 0 amide bonds. The van der Waals surface area contributed by atoms with Crippen molar-refractivity contribution in [2.24, 2.45) is 5.92 Å². The van der Waals surface area contributed by atoms with E-state index in [1.165, 1.54) is 32.4 Å². The summed E-state index contributed by atoms with van der Waals surface area (Å²) in [7, 11) is 0. The van der Waals surface area contributed by atoms with Crippen LogP contribution < -0.4 is 0 Å². The molecule has 1 aliphatic rings. The monoisotopic (exact) mass is 155 g/mol. The number of hydrogen-bond donors (Lipinski definition) is 0. The molecule has 0 radical (unpaired) electrons. The van der Waals surface area contributed by atoms with Gasteiger partial charge in [-0.25, -0.2) is 0 Å². The molecule has 1 nitrogen and oxygen atoms in total. The fraction of sp³-hybridized carbons (Fsp3) is 1.00. The topological polar surface area (TPSA) is 3.24 Å². The van der Waals surface area contributed by atoms with E-state index in [0.717, 1.165) is 12.0 Å². The van der Waals surface area contributed by atoms with Gasteiger partial charge >= 0.3 is 0 Å². The summed E-state index contributed by atoms with van der Waals surface area (Å²) < 4.78 is 0. The highest BCUT2D eigenvalue weighted by molar-refractivity contribution is 4.79. The van der Waals surface area contributed by atoms with E-state index in [2.05, 4.69) is 25.7 Å². The van der Waals surface area contributed by atoms with Gasteiger partial charge in [0.25, 0.3) is 0 Å². The molecule has 0 aromatic carbocycles. The van der Waals surface area contributed by atoms with Crippen LogP contribution in [0.2, 0.25) is 0 Å². The van der Waals surface area contributed by atoms with E-state index in [1.54, 1.807) is 0 Å². The molecule has 0 aromatic heterocycles. The van der Waals surface area contributed by atoms with E-state index in [0.29, 0.717) is 0 Å². The molecule has 1 heteroatoms. The molecule has 2 unspecified atom stereocenters. The second-order valence-corrected chi connectivity index (χ2v) is 3.72. The molecule has 1 rings (SSSR count). The molecular formula is C10H21N. The highest BCUT2D eigenvalue weighted by Crippen LogP contribution is 2.24. The molecule has 0 N–H and O–H groups in total. The summed E-state index contributed by atoms with van der Waals surface area (Å²) in [5, 5.41) is 0. The van der Waals surface area contributed by atoms with Crippen LogP contribution in [0.15, 0.2) is 0 Å². The van der Waals surface area contributed by atoms with Crippen LogP contribution in [0.1, 0.15) is 40.0 Å². The zero-order valence-corrected chi connectivity index (χ0v) is 8.14. The van der Waals surface area contributed by atoms with Gasteiger partial charge in [0.2, 0.25) is 0 Å². The van der Waals surface area contributed by atoms with E-state index in [-0.39, 0.29) is 0 Å². The molecule has 2 atom stereocenters. The fourth-order valence-electron chi connectivity index (χ4n) is 2.39. The number of rotatable bonds is 2. The van der Waals surface area contributed by atoms with Gasteiger partial charge < -0.3 is 4.90 Å². The Bertz CT molecular complexity index is 111. The van der Waals surface area contributed by atoms with Gasteiger partial charge in [-0.15, -0.1) is 0 Å². The molecule has 11 heavy (non-hydrogen) atoms. The van der Waals surface area contributed by atoms with E-state index in [1.807, 2.05) is 0 Å². The van der Waals surface area contributed by atoms with Crippen molar-refractivity contribution in [3.63, 3.8) is 0 Å². The zero-order valence-electron chi connectivity index (χ0n) is 8.14. The maximum absolute atomic E-state index is 2.63. The lowest BCUT2D eigenvalue weighted by Gasteiger charge is -2.38. The van der Waals surface area contributed by atoms with Crippen LogP contribution in [0.4, 0.5) is 0 Å². The first-order valence-electron chi connectivity index (χ1n) is 5.03. The van der Waals surface area contributed by atoms with Gasteiger partial charge in [0, 0.05) is 6.04 Å². The van der Waals surface area contributed by atoms with Crippen LogP contribution >= 0.6 is 0 Å². The molecule has 0 saturated carbocycles. The van der Waals surface area contributed by atoms with Crippen molar-refractivity contribution >= 4 is 0 Å². The van der Waals surface area contributed by atoms with E-state index >= 15 is 0 Å². The smallest absolute Gasteiger partial charge is 0.0118 e. The Morgan fingerprint density at radius 2 is 2.09 bits per heavy atom. The normalized spacial score (nSPS) is 34.1. The average Bonchev–Trinajstić information content (AvgIpc) is 2.04. The van der Waals surface area contributed by atoms with Gasteiger partial charge in [-0.2, -0.15) is 0 Å². The Balaban J connectivity index is 2.48. The predicted octanol–water partition coefficient (Wildman–Crippen LogP) is 2.52. The highest BCUT2D eigenvalue weighted by Gasteiger charge is 2.25. The second-order valence-electron chi connectivity index (χ2n) is 3.72. The molecular weight excluding hydrogens is 134 g/mol. The van der Waals surface area contributed by atoms with Crippen molar-refractivity contribution in [3.8, 4) is 0 Å². The van der Waals surface area contributed by atoms with Crippen molar-refractivity contribution in [1.29, 1.82) is 0 Å². The van der Waals surface area contributed by atoms with Gasteiger partial charge in [0.1, 0.15) is 0 Å². The largest absolute Gasteiger partial charge is 0.300 e. The maximum atomic E-state index is 2.63. The molecule has 1 aliphatic heterocycles. The van der Waals surface area contributed by atoms with E-state index in [9.17, 15) is 0 Å². The number of likely N-dealkylation sites (tertiary alicyclic amines) is 1. The first kappa shape index (κ1) is 9.05. The quantitative estimate of drug-likeness (QED) is 0.592. The van der Waals surface area contributed by atoms with Crippen molar-refractivity contribution < 1.29 is 0 Å². The standard InChI is InChI=1S/C10H21N/c1-4-10-9(3)7-6-8-11(10)5-2/h9-10H,4-8H2,1-3H3. The lowest BCUT2D eigenvalue weighted by atomic mass is 9.89. The summed E-state index contributed by atoms with van der Waals surface area (Å²) in [5.74, 6) is 0.925. The number of piperidine rings is 1. The van der Waals surface area contributed by atoms with Gasteiger partial charge in [-0.3, -0.25) is 0 Å². The minimum atomic E-state index is 0.869. The van der Waals surface area contributed by atoms with Crippen LogP contribution in [-0.4, -0.2) is 24.0 Å². The molecule has 1 heterocycles. The van der Waals surface area contributed by atoms with Crippen molar-refractivity contribution in [1.82, 2.24) is 4.90 Å². The lowest BCUT2D eigenvalue weighted by Crippen LogP contribution is -2.43. The third-order valence-electron chi connectivity index (χ3n) is 3.06. The summed E-state index contributed by atoms with van der Waals surface area (Å²) in [5.41, 5.74) is 0. The summed E-state index contributed by atoms with van der Waals surface area (Å²) >= 11 is 0. The van der Waals surface area contributed by atoms with Crippen LogP contribution in [0.5, 0.6) is 0 Å². The molecule has 0 aromatic rings. The highest BCUT2D eigenvalue weighted by atomic mass is 15.2. The molecule has 0 aliphatic carbocycles. The van der Waals surface area contributed by atoms with Gasteiger partial charge in [0.15, 0.2) is 0 Å². The Hall–Kier alpha value is -0.0400. The summed E-state index contributed by atoms with van der Waals surface area (Å²) in [6.07, 6.45) is 4.18. The average molecular weight is 155 g/mol. The SMILES string of the molecule is CCC1C(C)CCCN1CC. The first-order valence-corrected chi connectivity index (χ1v) is 5.03. The van der Waals surface area contributed by atoms with Crippen LogP contribution in [0.3, 0.4) is 0 Å². The van der Waals surface area contributed by atoms with E-state index in [4.69, 9.17) is 0 Å². The van der Waals surface area contributed by atoms with E-state index < -0.39 is 0 Å². The molecule has 0 spiro atoms. The molecule has 0 bridgehead atoms. The number of hydrogen-bond acceptors (Lipinski definition) is 1. The van der Waals surface area contributed by atoms with Crippen molar-refractivity contribution in [2.75, 3.05) is 13.1 Å². The van der Waals surface area contributed by atoms with Gasteiger partial charge in [-0.1, -0.05) is 20.8 Å².